The van der Waals surface area contributed by atoms with Gasteiger partial charge in [0.1, 0.15) is 16.9 Å². The Morgan fingerprint density at radius 2 is 1.80 bits per heavy atom. The lowest BCUT2D eigenvalue weighted by atomic mass is 10.1. The molecule has 7 nitrogen and oxygen atoms in total. The van der Waals surface area contributed by atoms with Crippen LogP contribution in [0.3, 0.4) is 0 Å². The van der Waals surface area contributed by atoms with E-state index in [0.29, 0.717) is 34.3 Å². The summed E-state index contributed by atoms with van der Waals surface area (Å²) in [5.74, 6) is 5.90. The number of unbranched alkanes of at least 4 members (excludes halogenated alkanes) is 4. The number of amides is 1. The number of anilines is 1. The normalized spacial score (nSPS) is 11.2. The van der Waals surface area contributed by atoms with Crippen LogP contribution in [0.4, 0.5) is 5.82 Å². The molecule has 3 rings (SSSR count). The fourth-order valence-electron chi connectivity index (χ4n) is 2.92. The first-order chi connectivity index (χ1) is 12.1. The number of nitrogens with zero attached hydrogens (tertiary/aromatic N) is 3. The van der Waals surface area contributed by atoms with Gasteiger partial charge >= 0.3 is 0 Å². The Kier molecular flexibility index (Phi) is 5.02. The van der Waals surface area contributed by atoms with Crippen molar-refractivity contribution in [1.29, 1.82) is 0 Å². The Balaban J connectivity index is 1.84. The van der Waals surface area contributed by atoms with Crippen LogP contribution in [0.15, 0.2) is 24.3 Å². The van der Waals surface area contributed by atoms with Crippen LogP contribution in [0.1, 0.15) is 49.4 Å². The van der Waals surface area contributed by atoms with Crippen molar-refractivity contribution < 1.29 is 4.79 Å². The Morgan fingerprint density at radius 3 is 2.52 bits per heavy atom. The van der Waals surface area contributed by atoms with E-state index in [2.05, 4.69) is 22.2 Å². The van der Waals surface area contributed by atoms with Crippen molar-refractivity contribution in [2.45, 2.75) is 39.0 Å². The lowest BCUT2D eigenvalue weighted by Gasteiger charge is -2.05. The Labute approximate surface area is 146 Å². The van der Waals surface area contributed by atoms with Crippen LogP contribution in [0.2, 0.25) is 0 Å². The summed E-state index contributed by atoms with van der Waals surface area (Å²) in [6.45, 7) is 2.79. The molecule has 0 saturated carbocycles. The number of hydrogen-bond acceptors (Lipinski definition) is 5. The SMILES string of the molecule is CCCCCCCNC(=O)c1c(N)n(N)c2nc3ccccc3nc12. The molecule has 2 aromatic heterocycles. The number of nitrogen functional groups attached to an aromatic ring is 2. The largest absolute Gasteiger partial charge is 0.383 e. The highest BCUT2D eigenvalue weighted by Gasteiger charge is 2.22. The number of nitrogens with one attached hydrogen (secondary N) is 1. The van der Waals surface area contributed by atoms with Crippen LogP contribution in [0.5, 0.6) is 0 Å². The number of carbonyl (C=O) groups is 1. The summed E-state index contributed by atoms with van der Waals surface area (Å²) in [7, 11) is 0. The van der Waals surface area contributed by atoms with E-state index in [0.717, 1.165) is 12.8 Å². The molecule has 0 bridgehead atoms. The zero-order valence-corrected chi connectivity index (χ0v) is 14.5. The van der Waals surface area contributed by atoms with Gasteiger partial charge in [-0.1, -0.05) is 44.7 Å². The highest BCUT2D eigenvalue weighted by Crippen LogP contribution is 2.25. The highest BCUT2D eigenvalue weighted by atomic mass is 16.1. The van der Waals surface area contributed by atoms with Gasteiger partial charge in [0.2, 0.25) is 0 Å². The number of benzene rings is 1. The van der Waals surface area contributed by atoms with Crippen LogP contribution in [0.25, 0.3) is 22.2 Å². The Bertz CT molecular complexity index is 901. The highest BCUT2D eigenvalue weighted by molar-refractivity contribution is 6.10. The summed E-state index contributed by atoms with van der Waals surface area (Å²) < 4.78 is 1.23. The zero-order chi connectivity index (χ0) is 17.8. The molecule has 0 unspecified atom stereocenters. The third kappa shape index (κ3) is 3.35. The van der Waals surface area contributed by atoms with Gasteiger partial charge in [-0.25, -0.2) is 14.6 Å². The molecule has 132 valence electrons. The van der Waals surface area contributed by atoms with E-state index in [1.54, 1.807) is 0 Å². The van der Waals surface area contributed by atoms with Gasteiger partial charge in [-0.2, -0.15) is 0 Å². The molecule has 0 aliphatic carbocycles. The van der Waals surface area contributed by atoms with Gasteiger partial charge in [0.15, 0.2) is 5.65 Å². The summed E-state index contributed by atoms with van der Waals surface area (Å²) in [4.78, 5) is 21.6. The number of carbonyl (C=O) groups excluding carboxylic acids is 1. The molecule has 0 fully saturated rings. The van der Waals surface area contributed by atoms with Gasteiger partial charge < -0.3 is 16.9 Å². The average Bonchev–Trinajstić information content (AvgIpc) is 2.86. The van der Waals surface area contributed by atoms with E-state index < -0.39 is 0 Å². The third-order valence-corrected chi connectivity index (χ3v) is 4.33. The maximum atomic E-state index is 12.6. The predicted octanol–water partition coefficient (Wildman–Crippen LogP) is 2.58. The lowest BCUT2D eigenvalue weighted by molar-refractivity contribution is 0.0955. The van der Waals surface area contributed by atoms with E-state index in [1.165, 1.54) is 23.9 Å². The molecule has 2 heterocycles. The molecule has 3 aromatic rings. The first kappa shape index (κ1) is 17.0. The van der Waals surface area contributed by atoms with E-state index in [9.17, 15) is 4.79 Å². The van der Waals surface area contributed by atoms with Crippen molar-refractivity contribution in [2.24, 2.45) is 0 Å². The summed E-state index contributed by atoms with van der Waals surface area (Å²) in [5, 5.41) is 2.91. The van der Waals surface area contributed by atoms with Gasteiger partial charge in [-0.3, -0.25) is 4.79 Å². The first-order valence-corrected chi connectivity index (χ1v) is 8.73. The monoisotopic (exact) mass is 340 g/mol. The van der Waals surface area contributed by atoms with Gasteiger partial charge in [-0.15, -0.1) is 0 Å². The topological polar surface area (TPSA) is 112 Å². The number of para-hydroxylation sites is 2. The van der Waals surface area contributed by atoms with Crippen molar-refractivity contribution in [3.8, 4) is 0 Å². The summed E-state index contributed by atoms with van der Waals surface area (Å²) >= 11 is 0. The standard InChI is InChI=1S/C18H24N6O/c1-2-3-4-5-8-11-21-18(25)14-15-17(24(20)16(14)19)23-13-10-7-6-9-12(13)22-15/h6-7,9-10H,2-5,8,11,19-20H2,1H3,(H,21,25). The summed E-state index contributed by atoms with van der Waals surface area (Å²) in [6, 6.07) is 7.45. The molecule has 0 radical (unpaired) electrons. The van der Waals surface area contributed by atoms with Crippen molar-refractivity contribution >= 4 is 33.9 Å². The van der Waals surface area contributed by atoms with Crippen molar-refractivity contribution in [3.63, 3.8) is 0 Å². The smallest absolute Gasteiger partial charge is 0.257 e. The first-order valence-electron chi connectivity index (χ1n) is 8.73. The number of aromatic nitrogens is 3. The molecule has 0 atom stereocenters. The molecular weight excluding hydrogens is 316 g/mol. The van der Waals surface area contributed by atoms with Gasteiger partial charge in [0.05, 0.1) is 11.0 Å². The summed E-state index contributed by atoms with van der Waals surface area (Å²) in [6.07, 6.45) is 5.66. The minimum atomic E-state index is -0.258. The fourth-order valence-corrected chi connectivity index (χ4v) is 2.92. The maximum absolute atomic E-state index is 12.6. The third-order valence-electron chi connectivity index (χ3n) is 4.33. The van der Waals surface area contributed by atoms with Gasteiger partial charge in [-0.05, 0) is 18.6 Å². The quantitative estimate of drug-likeness (QED) is 0.452. The van der Waals surface area contributed by atoms with E-state index >= 15 is 0 Å². The van der Waals surface area contributed by atoms with E-state index in [-0.39, 0.29) is 11.7 Å². The molecule has 0 aliphatic rings. The number of fused-ring (bicyclic) bond motifs is 2. The number of nitrogens with two attached hydrogens (primary N) is 2. The molecule has 25 heavy (non-hydrogen) atoms. The molecule has 7 heteroatoms. The van der Waals surface area contributed by atoms with Gasteiger partial charge in [0.25, 0.3) is 5.91 Å². The van der Waals surface area contributed by atoms with Gasteiger partial charge in [0, 0.05) is 6.54 Å². The van der Waals surface area contributed by atoms with E-state index in [4.69, 9.17) is 11.6 Å². The molecule has 5 N–H and O–H groups in total. The second-order valence-electron chi connectivity index (χ2n) is 6.18. The number of hydrogen-bond donors (Lipinski definition) is 3. The second-order valence-corrected chi connectivity index (χ2v) is 6.18. The predicted molar refractivity (Wildman–Crippen MR) is 101 cm³/mol. The zero-order valence-electron chi connectivity index (χ0n) is 14.5. The fraction of sp³-hybridized carbons (Fsp3) is 0.389. The molecule has 1 amide bonds. The van der Waals surface area contributed by atoms with Crippen LogP contribution in [-0.4, -0.2) is 27.1 Å². The van der Waals surface area contributed by atoms with Crippen molar-refractivity contribution in [1.82, 2.24) is 20.0 Å². The molecule has 1 aromatic carbocycles. The summed E-state index contributed by atoms with van der Waals surface area (Å²) in [5.41, 5.74) is 8.59. The van der Waals surface area contributed by atoms with Crippen LogP contribution < -0.4 is 16.9 Å². The van der Waals surface area contributed by atoms with Crippen LogP contribution in [-0.2, 0) is 0 Å². The maximum Gasteiger partial charge on any atom is 0.257 e. The Hall–Kier alpha value is -2.83. The minimum absolute atomic E-state index is 0.175. The lowest BCUT2D eigenvalue weighted by Crippen LogP contribution is -2.25. The molecule has 0 saturated heterocycles. The van der Waals surface area contributed by atoms with E-state index in [1.807, 2.05) is 24.3 Å². The molecule has 0 spiro atoms. The molecule has 0 aliphatic heterocycles. The Morgan fingerprint density at radius 1 is 1.12 bits per heavy atom. The van der Waals surface area contributed by atoms with Crippen LogP contribution >= 0.6 is 0 Å². The van der Waals surface area contributed by atoms with Crippen molar-refractivity contribution in [3.05, 3.63) is 29.8 Å². The minimum Gasteiger partial charge on any atom is -0.383 e. The second kappa shape index (κ2) is 7.38. The average molecular weight is 340 g/mol. The number of rotatable bonds is 7. The molecular formula is C18H24N6O. The van der Waals surface area contributed by atoms with Crippen LogP contribution in [0, 0.1) is 0 Å². The van der Waals surface area contributed by atoms with Crippen molar-refractivity contribution in [2.75, 3.05) is 18.1 Å².